The average molecular weight is 367 g/mol. The zero-order chi connectivity index (χ0) is 19.4. The molecule has 0 radical (unpaired) electrons. The van der Waals surface area contributed by atoms with Crippen molar-refractivity contribution in [1.29, 1.82) is 0 Å². The second-order valence-electron chi connectivity index (χ2n) is 5.77. The van der Waals surface area contributed by atoms with E-state index in [1.807, 2.05) is 0 Å². The fourth-order valence-corrected chi connectivity index (χ4v) is 2.32. The summed E-state index contributed by atoms with van der Waals surface area (Å²) in [5.74, 6) is -1.94. The van der Waals surface area contributed by atoms with Gasteiger partial charge in [0.25, 0.3) is 5.91 Å². The first kappa shape index (κ1) is 18.2. The van der Waals surface area contributed by atoms with Gasteiger partial charge in [-0.2, -0.15) is 0 Å². The van der Waals surface area contributed by atoms with E-state index in [0.717, 1.165) is 12.1 Å². The third-order valence-electron chi connectivity index (χ3n) is 3.77. The largest absolute Gasteiger partial charge is 0.340 e. The smallest absolute Gasteiger partial charge is 0.257 e. The number of benzene rings is 2. The summed E-state index contributed by atoms with van der Waals surface area (Å²) < 4.78 is 26.2. The third kappa shape index (κ3) is 4.52. The van der Waals surface area contributed by atoms with Crippen molar-refractivity contribution < 1.29 is 18.4 Å². The molecule has 0 fully saturated rings. The molecule has 7 heteroatoms. The summed E-state index contributed by atoms with van der Waals surface area (Å²) >= 11 is 0. The Balaban J connectivity index is 1.66. The van der Waals surface area contributed by atoms with Crippen molar-refractivity contribution in [2.75, 3.05) is 10.6 Å². The van der Waals surface area contributed by atoms with E-state index in [2.05, 4.69) is 15.6 Å². The molecule has 5 nitrogen and oxygen atoms in total. The molecule has 0 saturated carbocycles. The molecular formula is C20H15F2N3O2. The molecule has 0 atom stereocenters. The van der Waals surface area contributed by atoms with Gasteiger partial charge in [-0.05, 0) is 55.5 Å². The molecule has 0 spiro atoms. The Kier molecular flexibility index (Phi) is 5.21. The van der Waals surface area contributed by atoms with Crippen LogP contribution in [0.3, 0.4) is 0 Å². The number of halogens is 2. The lowest BCUT2D eigenvalue weighted by Gasteiger charge is -2.08. The van der Waals surface area contributed by atoms with Crippen LogP contribution in [0.15, 0.2) is 60.8 Å². The number of carbonyl (C=O) groups excluding carboxylic acids is 2. The monoisotopic (exact) mass is 367 g/mol. The molecule has 1 aromatic heterocycles. The minimum absolute atomic E-state index is 0.0544. The van der Waals surface area contributed by atoms with Crippen LogP contribution < -0.4 is 10.6 Å². The number of amides is 1. The van der Waals surface area contributed by atoms with Crippen LogP contribution in [0.4, 0.5) is 26.0 Å². The second-order valence-corrected chi connectivity index (χ2v) is 5.77. The molecular weight excluding hydrogens is 352 g/mol. The number of hydrogen-bond donors (Lipinski definition) is 2. The zero-order valence-electron chi connectivity index (χ0n) is 14.3. The van der Waals surface area contributed by atoms with E-state index in [-0.39, 0.29) is 11.7 Å². The quantitative estimate of drug-likeness (QED) is 0.649. The Morgan fingerprint density at radius 1 is 0.852 bits per heavy atom. The minimum Gasteiger partial charge on any atom is -0.340 e. The SMILES string of the molecule is CC(=O)c1ccc(NC(=O)c2ccc(Nc3ccc(F)c(F)c3)nc2)cc1. The Morgan fingerprint density at radius 3 is 2.11 bits per heavy atom. The highest BCUT2D eigenvalue weighted by molar-refractivity contribution is 6.04. The van der Waals surface area contributed by atoms with Crippen molar-refractivity contribution in [1.82, 2.24) is 4.98 Å². The molecule has 27 heavy (non-hydrogen) atoms. The van der Waals surface area contributed by atoms with Crippen molar-refractivity contribution in [3.05, 3.63) is 83.6 Å². The molecule has 0 unspecified atom stereocenters. The topological polar surface area (TPSA) is 71.1 Å². The van der Waals surface area contributed by atoms with Crippen LogP contribution in [0.25, 0.3) is 0 Å². The highest BCUT2D eigenvalue weighted by Crippen LogP contribution is 2.18. The number of aromatic nitrogens is 1. The molecule has 1 heterocycles. The van der Waals surface area contributed by atoms with E-state index in [0.29, 0.717) is 28.3 Å². The van der Waals surface area contributed by atoms with Gasteiger partial charge in [-0.25, -0.2) is 13.8 Å². The van der Waals surface area contributed by atoms with Crippen molar-refractivity contribution in [3.8, 4) is 0 Å². The lowest BCUT2D eigenvalue weighted by atomic mass is 10.1. The van der Waals surface area contributed by atoms with Gasteiger partial charge in [0.05, 0.1) is 5.56 Å². The van der Waals surface area contributed by atoms with Gasteiger partial charge in [0.15, 0.2) is 17.4 Å². The highest BCUT2D eigenvalue weighted by Gasteiger charge is 2.08. The minimum atomic E-state index is -0.966. The number of rotatable bonds is 5. The molecule has 3 rings (SSSR count). The zero-order valence-corrected chi connectivity index (χ0v) is 14.3. The summed E-state index contributed by atoms with van der Waals surface area (Å²) in [6.45, 7) is 1.47. The highest BCUT2D eigenvalue weighted by atomic mass is 19.2. The fourth-order valence-electron chi connectivity index (χ4n) is 2.32. The summed E-state index contributed by atoms with van der Waals surface area (Å²) in [6.07, 6.45) is 1.36. The first-order valence-corrected chi connectivity index (χ1v) is 8.03. The molecule has 0 aliphatic heterocycles. The predicted molar refractivity (Wildman–Crippen MR) is 98.3 cm³/mol. The van der Waals surface area contributed by atoms with Crippen LogP contribution in [0.2, 0.25) is 0 Å². The standard InChI is InChI=1S/C20H15F2N3O2/c1-12(26)13-2-5-15(6-3-13)25-20(27)14-4-9-19(23-11-14)24-16-7-8-17(21)18(22)10-16/h2-11H,1H3,(H,23,24)(H,25,27). The van der Waals surface area contributed by atoms with Crippen LogP contribution in [-0.2, 0) is 0 Å². The van der Waals surface area contributed by atoms with Crippen molar-refractivity contribution in [2.45, 2.75) is 6.92 Å². The van der Waals surface area contributed by atoms with E-state index in [1.165, 1.54) is 19.2 Å². The fraction of sp³-hybridized carbons (Fsp3) is 0.0500. The molecule has 2 N–H and O–H groups in total. The third-order valence-corrected chi connectivity index (χ3v) is 3.77. The van der Waals surface area contributed by atoms with Gasteiger partial charge in [0, 0.05) is 29.2 Å². The maximum Gasteiger partial charge on any atom is 0.257 e. The molecule has 3 aromatic rings. The first-order chi connectivity index (χ1) is 12.9. The number of nitrogens with zero attached hydrogens (tertiary/aromatic N) is 1. The normalized spacial score (nSPS) is 10.3. The van der Waals surface area contributed by atoms with Crippen LogP contribution >= 0.6 is 0 Å². The Bertz CT molecular complexity index is 987. The van der Waals surface area contributed by atoms with Gasteiger partial charge in [0.1, 0.15) is 5.82 Å². The Hall–Kier alpha value is -3.61. The molecule has 0 bridgehead atoms. The summed E-state index contributed by atoms with van der Waals surface area (Å²) in [4.78, 5) is 27.6. The number of anilines is 3. The molecule has 0 saturated heterocycles. The Morgan fingerprint density at radius 2 is 1.52 bits per heavy atom. The summed E-state index contributed by atoms with van der Waals surface area (Å²) in [6, 6.07) is 13.0. The Labute approximate surface area is 154 Å². The van der Waals surface area contributed by atoms with Crippen LogP contribution in [0, 0.1) is 11.6 Å². The lowest BCUT2D eigenvalue weighted by molar-refractivity contribution is 0.101. The van der Waals surface area contributed by atoms with Crippen LogP contribution in [0.5, 0.6) is 0 Å². The van der Waals surface area contributed by atoms with Gasteiger partial charge in [-0.1, -0.05) is 0 Å². The van der Waals surface area contributed by atoms with Crippen LogP contribution in [-0.4, -0.2) is 16.7 Å². The number of carbonyl (C=O) groups is 2. The molecule has 2 aromatic carbocycles. The lowest BCUT2D eigenvalue weighted by Crippen LogP contribution is -2.12. The van der Waals surface area contributed by atoms with E-state index >= 15 is 0 Å². The van der Waals surface area contributed by atoms with E-state index in [9.17, 15) is 18.4 Å². The number of pyridine rings is 1. The number of nitrogens with one attached hydrogen (secondary N) is 2. The average Bonchev–Trinajstić information content (AvgIpc) is 2.66. The molecule has 1 amide bonds. The maximum absolute atomic E-state index is 13.2. The van der Waals surface area contributed by atoms with Crippen molar-refractivity contribution >= 4 is 28.9 Å². The number of Topliss-reactive ketones (excluding diaryl/α,β-unsaturated/α-hetero) is 1. The van der Waals surface area contributed by atoms with Crippen molar-refractivity contribution in [2.24, 2.45) is 0 Å². The predicted octanol–water partition coefficient (Wildman–Crippen LogP) is 4.56. The number of ketones is 1. The summed E-state index contributed by atoms with van der Waals surface area (Å²) in [5, 5.41) is 5.53. The van der Waals surface area contributed by atoms with E-state index < -0.39 is 11.6 Å². The molecule has 0 aliphatic carbocycles. The van der Waals surface area contributed by atoms with Gasteiger partial charge >= 0.3 is 0 Å². The van der Waals surface area contributed by atoms with E-state index in [4.69, 9.17) is 0 Å². The maximum atomic E-state index is 13.2. The second kappa shape index (κ2) is 7.74. The summed E-state index contributed by atoms with van der Waals surface area (Å²) in [7, 11) is 0. The number of hydrogen-bond acceptors (Lipinski definition) is 4. The van der Waals surface area contributed by atoms with Gasteiger partial charge in [-0.3, -0.25) is 9.59 Å². The summed E-state index contributed by atoms with van der Waals surface area (Å²) in [5.41, 5.74) is 1.77. The van der Waals surface area contributed by atoms with E-state index in [1.54, 1.807) is 36.4 Å². The van der Waals surface area contributed by atoms with Gasteiger partial charge in [0.2, 0.25) is 0 Å². The molecule has 136 valence electrons. The first-order valence-electron chi connectivity index (χ1n) is 8.03. The van der Waals surface area contributed by atoms with Crippen LogP contribution in [0.1, 0.15) is 27.6 Å². The van der Waals surface area contributed by atoms with Gasteiger partial charge in [-0.15, -0.1) is 0 Å². The molecule has 0 aliphatic rings. The van der Waals surface area contributed by atoms with Crippen molar-refractivity contribution in [3.63, 3.8) is 0 Å². The van der Waals surface area contributed by atoms with Gasteiger partial charge < -0.3 is 10.6 Å².